The lowest BCUT2D eigenvalue weighted by molar-refractivity contribution is 0.295. The van der Waals surface area contributed by atoms with E-state index in [0.29, 0.717) is 4.47 Å². The van der Waals surface area contributed by atoms with Crippen LogP contribution in [0.2, 0.25) is 0 Å². The second-order valence-electron chi connectivity index (χ2n) is 3.65. The largest absolute Gasteiger partial charge is 0.300 e. The van der Waals surface area contributed by atoms with Crippen molar-refractivity contribution in [3.63, 3.8) is 0 Å². The minimum Gasteiger partial charge on any atom is -0.300 e. The molecular weight excluding hydrogens is 257 g/mol. The van der Waals surface area contributed by atoms with Crippen LogP contribution < -0.4 is 0 Å². The maximum atomic E-state index is 13.4. The molecule has 0 spiro atoms. The molecule has 0 aliphatic carbocycles. The number of nitrogens with zero attached hydrogens (tertiary/aromatic N) is 1. The topological polar surface area (TPSA) is 3.24 Å². The highest BCUT2D eigenvalue weighted by atomic mass is 79.9. The third-order valence-electron chi connectivity index (χ3n) is 2.67. The number of hydrogen-bond donors (Lipinski definition) is 0. The highest BCUT2D eigenvalue weighted by Crippen LogP contribution is 2.21. The van der Waals surface area contributed by atoms with Gasteiger partial charge < -0.3 is 0 Å². The lowest BCUT2D eigenvalue weighted by Crippen LogP contribution is -2.22. The second kappa shape index (κ2) is 5.61. The minimum atomic E-state index is -0.178. The zero-order valence-corrected chi connectivity index (χ0v) is 11.1. The number of halogens is 2. The first-order valence-electron chi connectivity index (χ1n) is 5.25. The summed E-state index contributed by atoms with van der Waals surface area (Å²) in [4.78, 5) is 2.27. The number of rotatable bonds is 4. The molecule has 0 aromatic heterocycles. The molecule has 0 saturated heterocycles. The molecule has 3 heteroatoms. The molecule has 84 valence electrons. The summed E-state index contributed by atoms with van der Waals surface area (Å²) in [5.41, 5.74) is 2.20. The van der Waals surface area contributed by atoms with Crippen molar-refractivity contribution in [2.24, 2.45) is 0 Å². The van der Waals surface area contributed by atoms with Crippen molar-refractivity contribution >= 4 is 15.9 Å². The molecule has 0 saturated carbocycles. The highest BCUT2D eigenvalue weighted by molar-refractivity contribution is 9.10. The number of aryl methyl sites for hydroxylation is 1. The Morgan fingerprint density at radius 1 is 1.27 bits per heavy atom. The van der Waals surface area contributed by atoms with Crippen LogP contribution in [0.4, 0.5) is 4.39 Å². The van der Waals surface area contributed by atoms with Crippen molar-refractivity contribution in [3.8, 4) is 0 Å². The predicted octanol–water partition coefficient (Wildman–Crippen LogP) is 3.74. The highest BCUT2D eigenvalue weighted by Gasteiger charge is 2.07. The third-order valence-corrected chi connectivity index (χ3v) is 3.27. The van der Waals surface area contributed by atoms with Gasteiger partial charge in [-0.05, 0) is 59.2 Å². The Morgan fingerprint density at radius 2 is 1.87 bits per heavy atom. The van der Waals surface area contributed by atoms with Crippen LogP contribution in [0.15, 0.2) is 16.6 Å². The fourth-order valence-electron chi connectivity index (χ4n) is 1.55. The van der Waals surface area contributed by atoms with Crippen LogP contribution in [0.25, 0.3) is 0 Å². The van der Waals surface area contributed by atoms with Crippen LogP contribution in [0.3, 0.4) is 0 Å². The lowest BCUT2D eigenvalue weighted by atomic mass is 10.1. The van der Waals surface area contributed by atoms with E-state index in [1.54, 1.807) is 6.07 Å². The Labute approximate surface area is 99.4 Å². The van der Waals surface area contributed by atoms with Gasteiger partial charge in [-0.15, -0.1) is 0 Å². The van der Waals surface area contributed by atoms with Gasteiger partial charge in [0, 0.05) is 6.54 Å². The monoisotopic (exact) mass is 273 g/mol. The smallest absolute Gasteiger partial charge is 0.137 e. The summed E-state index contributed by atoms with van der Waals surface area (Å²) in [5, 5.41) is 0. The molecule has 1 rings (SSSR count). The van der Waals surface area contributed by atoms with Crippen LogP contribution in [-0.2, 0) is 6.54 Å². The fourth-order valence-corrected chi connectivity index (χ4v) is 2.00. The molecule has 0 aliphatic heterocycles. The Morgan fingerprint density at radius 3 is 2.40 bits per heavy atom. The maximum absolute atomic E-state index is 13.4. The standard InChI is InChI=1S/C12H17BrFN/c1-4-15(5-2)8-10-7-12(14)11(13)6-9(10)3/h6-7H,4-5,8H2,1-3H3. The average molecular weight is 274 g/mol. The van der Waals surface area contributed by atoms with Gasteiger partial charge in [-0.2, -0.15) is 0 Å². The first kappa shape index (κ1) is 12.7. The van der Waals surface area contributed by atoms with Crippen LogP contribution in [-0.4, -0.2) is 18.0 Å². The number of benzene rings is 1. The van der Waals surface area contributed by atoms with Crippen molar-refractivity contribution in [1.29, 1.82) is 0 Å². The molecule has 1 aromatic rings. The molecule has 15 heavy (non-hydrogen) atoms. The van der Waals surface area contributed by atoms with Crippen LogP contribution in [0, 0.1) is 12.7 Å². The van der Waals surface area contributed by atoms with Crippen molar-refractivity contribution in [2.75, 3.05) is 13.1 Å². The summed E-state index contributed by atoms with van der Waals surface area (Å²) in [6.45, 7) is 9.06. The van der Waals surface area contributed by atoms with E-state index in [4.69, 9.17) is 0 Å². The number of hydrogen-bond acceptors (Lipinski definition) is 1. The van der Waals surface area contributed by atoms with E-state index < -0.39 is 0 Å². The van der Waals surface area contributed by atoms with Gasteiger partial charge in [-0.25, -0.2) is 4.39 Å². The first-order chi connectivity index (χ1) is 7.08. The Balaban J connectivity index is 2.89. The summed E-state index contributed by atoms with van der Waals surface area (Å²) in [7, 11) is 0. The van der Waals surface area contributed by atoms with Gasteiger partial charge in [0.2, 0.25) is 0 Å². The lowest BCUT2D eigenvalue weighted by Gasteiger charge is -2.19. The van der Waals surface area contributed by atoms with Crippen molar-refractivity contribution in [2.45, 2.75) is 27.3 Å². The predicted molar refractivity (Wildman–Crippen MR) is 65.5 cm³/mol. The molecule has 0 bridgehead atoms. The maximum Gasteiger partial charge on any atom is 0.137 e. The van der Waals surface area contributed by atoms with Crippen molar-refractivity contribution < 1.29 is 4.39 Å². The van der Waals surface area contributed by atoms with E-state index >= 15 is 0 Å². The Bertz CT molecular complexity index is 335. The summed E-state index contributed by atoms with van der Waals surface area (Å²) in [5.74, 6) is -0.178. The first-order valence-corrected chi connectivity index (χ1v) is 6.04. The van der Waals surface area contributed by atoms with E-state index in [0.717, 1.165) is 30.8 Å². The van der Waals surface area contributed by atoms with Crippen LogP contribution >= 0.6 is 15.9 Å². The van der Waals surface area contributed by atoms with E-state index in [9.17, 15) is 4.39 Å². The van der Waals surface area contributed by atoms with Gasteiger partial charge >= 0.3 is 0 Å². The molecule has 1 nitrogen and oxygen atoms in total. The molecule has 0 heterocycles. The molecule has 0 fully saturated rings. The molecule has 1 aromatic carbocycles. The SMILES string of the molecule is CCN(CC)Cc1cc(F)c(Br)cc1C. The van der Waals surface area contributed by atoms with Crippen molar-refractivity contribution in [3.05, 3.63) is 33.5 Å². The van der Waals surface area contributed by atoms with Gasteiger partial charge in [0.25, 0.3) is 0 Å². The minimum absolute atomic E-state index is 0.178. The summed E-state index contributed by atoms with van der Waals surface area (Å²) >= 11 is 3.19. The molecule has 0 radical (unpaired) electrons. The fraction of sp³-hybridized carbons (Fsp3) is 0.500. The van der Waals surface area contributed by atoms with Crippen LogP contribution in [0.5, 0.6) is 0 Å². The zero-order chi connectivity index (χ0) is 11.4. The van der Waals surface area contributed by atoms with E-state index in [1.165, 1.54) is 0 Å². The van der Waals surface area contributed by atoms with Gasteiger partial charge in [0.1, 0.15) is 5.82 Å². The Hall–Kier alpha value is -0.410. The van der Waals surface area contributed by atoms with Gasteiger partial charge in [-0.1, -0.05) is 13.8 Å². The molecule has 0 unspecified atom stereocenters. The quantitative estimate of drug-likeness (QED) is 0.808. The molecule has 0 amide bonds. The van der Waals surface area contributed by atoms with E-state index in [1.807, 2.05) is 13.0 Å². The normalized spacial score (nSPS) is 11.1. The zero-order valence-electron chi connectivity index (χ0n) is 9.48. The summed E-state index contributed by atoms with van der Waals surface area (Å²) in [6, 6.07) is 3.46. The average Bonchev–Trinajstić information content (AvgIpc) is 2.21. The summed E-state index contributed by atoms with van der Waals surface area (Å²) < 4.78 is 13.9. The molecule has 0 N–H and O–H groups in total. The molecular formula is C12H17BrFN. The second-order valence-corrected chi connectivity index (χ2v) is 4.51. The van der Waals surface area contributed by atoms with Gasteiger partial charge in [-0.3, -0.25) is 4.90 Å². The van der Waals surface area contributed by atoms with Gasteiger partial charge in [0.15, 0.2) is 0 Å². The van der Waals surface area contributed by atoms with Crippen molar-refractivity contribution in [1.82, 2.24) is 4.90 Å². The van der Waals surface area contributed by atoms with E-state index in [-0.39, 0.29) is 5.82 Å². The molecule has 0 atom stereocenters. The van der Waals surface area contributed by atoms with Crippen LogP contribution in [0.1, 0.15) is 25.0 Å². The Kier molecular flexibility index (Phi) is 4.74. The van der Waals surface area contributed by atoms with E-state index in [2.05, 4.69) is 34.7 Å². The summed E-state index contributed by atoms with van der Waals surface area (Å²) in [6.07, 6.45) is 0. The molecule has 0 aliphatic rings. The third kappa shape index (κ3) is 3.28. The van der Waals surface area contributed by atoms with Gasteiger partial charge in [0.05, 0.1) is 4.47 Å².